The first-order valence-corrected chi connectivity index (χ1v) is 5.86. The SMILES string of the molecule is CNC1CC(C)(C)Cc2c(Cl)cccc21. The normalized spacial score (nSPS) is 23.6. The van der Waals surface area contributed by atoms with Gasteiger partial charge in [-0.05, 0) is 42.5 Å². The highest BCUT2D eigenvalue weighted by Crippen LogP contribution is 2.42. The molecule has 0 aliphatic heterocycles. The molecule has 0 radical (unpaired) electrons. The van der Waals surface area contributed by atoms with Crippen LogP contribution in [0.1, 0.15) is 37.4 Å². The maximum Gasteiger partial charge on any atom is 0.0441 e. The summed E-state index contributed by atoms with van der Waals surface area (Å²) in [5.41, 5.74) is 3.05. The molecule has 82 valence electrons. The van der Waals surface area contributed by atoms with E-state index in [1.807, 2.05) is 19.2 Å². The lowest BCUT2D eigenvalue weighted by Gasteiger charge is -2.37. The minimum absolute atomic E-state index is 0.339. The molecule has 1 atom stereocenters. The predicted octanol–water partition coefficient (Wildman–Crippen LogP) is 3.57. The molecule has 1 aromatic rings. The smallest absolute Gasteiger partial charge is 0.0441 e. The Bertz CT molecular complexity index is 371. The van der Waals surface area contributed by atoms with Crippen molar-refractivity contribution in [3.8, 4) is 0 Å². The molecule has 1 aliphatic rings. The Morgan fingerprint density at radius 2 is 2.13 bits per heavy atom. The Balaban J connectivity index is 2.49. The van der Waals surface area contributed by atoms with E-state index in [4.69, 9.17) is 11.6 Å². The van der Waals surface area contributed by atoms with Crippen molar-refractivity contribution in [2.45, 2.75) is 32.7 Å². The van der Waals surface area contributed by atoms with Crippen LogP contribution in [0, 0.1) is 5.41 Å². The average Bonchev–Trinajstić information content (AvgIpc) is 2.17. The largest absolute Gasteiger partial charge is 0.313 e. The molecule has 2 heteroatoms. The first kappa shape index (κ1) is 11.0. The minimum atomic E-state index is 0.339. The van der Waals surface area contributed by atoms with Crippen LogP contribution in [0.5, 0.6) is 0 Å². The van der Waals surface area contributed by atoms with Gasteiger partial charge in [0.2, 0.25) is 0 Å². The van der Waals surface area contributed by atoms with Crippen LogP contribution in [0.3, 0.4) is 0 Å². The molecule has 0 heterocycles. The van der Waals surface area contributed by atoms with Gasteiger partial charge in [-0.25, -0.2) is 0 Å². The summed E-state index contributed by atoms with van der Waals surface area (Å²) < 4.78 is 0. The third-order valence-corrected chi connectivity index (χ3v) is 3.65. The van der Waals surface area contributed by atoms with Gasteiger partial charge in [0.1, 0.15) is 0 Å². The Morgan fingerprint density at radius 1 is 1.40 bits per heavy atom. The van der Waals surface area contributed by atoms with E-state index in [0.717, 1.165) is 11.4 Å². The lowest BCUT2D eigenvalue weighted by molar-refractivity contribution is 0.265. The van der Waals surface area contributed by atoms with Crippen molar-refractivity contribution in [2.24, 2.45) is 5.41 Å². The van der Waals surface area contributed by atoms with Crippen molar-refractivity contribution in [3.05, 3.63) is 34.3 Å². The highest BCUT2D eigenvalue weighted by molar-refractivity contribution is 6.31. The van der Waals surface area contributed by atoms with Crippen molar-refractivity contribution >= 4 is 11.6 Å². The van der Waals surface area contributed by atoms with Crippen molar-refractivity contribution in [1.29, 1.82) is 0 Å². The summed E-state index contributed by atoms with van der Waals surface area (Å²) in [6.07, 6.45) is 2.26. The minimum Gasteiger partial charge on any atom is -0.313 e. The van der Waals surface area contributed by atoms with Crippen LogP contribution in [-0.4, -0.2) is 7.05 Å². The van der Waals surface area contributed by atoms with Crippen LogP contribution < -0.4 is 5.32 Å². The molecule has 1 N–H and O–H groups in total. The van der Waals surface area contributed by atoms with Crippen LogP contribution >= 0.6 is 11.6 Å². The zero-order valence-electron chi connectivity index (χ0n) is 9.60. The van der Waals surface area contributed by atoms with Crippen molar-refractivity contribution in [3.63, 3.8) is 0 Å². The van der Waals surface area contributed by atoms with Gasteiger partial charge in [-0.2, -0.15) is 0 Å². The second kappa shape index (κ2) is 3.80. The van der Waals surface area contributed by atoms with E-state index in [9.17, 15) is 0 Å². The standard InChI is InChI=1S/C13H18ClN/c1-13(2)7-10-9(12(8-13)15-3)5-4-6-11(10)14/h4-6,12,15H,7-8H2,1-3H3. The number of nitrogens with one attached hydrogen (secondary N) is 1. The van der Waals surface area contributed by atoms with Gasteiger partial charge in [0.15, 0.2) is 0 Å². The summed E-state index contributed by atoms with van der Waals surface area (Å²) in [5, 5.41) is 4.30. The Kier molecular flexibility index (Phi) is 2.78. The zero-order chi connectivity index (χ0) is 11.1. The molecule has 2 rings (SSSR count). The van der Waals surface area contributed by atoms with Crippen LogP contribution in [0.2, 0.25) is 5.02 Å². The molecule has 1 nitrogen and oxygen atoms in total. The molecule has 1 unspecified atom stereocenters. The number of hydrogen-bond donors (Lipinski definition) is 1. The average molecular weight is 224 g/mol. The molecule has 0 saturated heterocycles. The summed E-state index contributed by atoms with van der Waals surface area (Å²) in [5.74, 6) is 0. The summed E-state index contributed by atoms with van der Waals surface area (Å²) >= 11 is 6.26. The fourth-order valence-corrected chi connectivity index (χ4v) is 2.81. The molecular formula is C13H18ClN. The van der Waals surface area contributed by atoms with Gasteiger partial charge < -0.3 is 5.32 Å². The molecule has 0 saturated carbocycles. The van der Waals surface area contributed by atoms with Gasteiger partial charge >= 0.3 is 0 Å². The molecule has 0 aromatic heterocycles. The van der Waals surface area contributed by atoms with E-state index in [0.29, 0.717) is 11.5 Å². The van der Waals surface area contributed by atoms with Crippen LogP contribution in [-0.2, 0) is 6.42 Å². The molecule has 1 aromatic carbocycles. The number of rotatable bonds is 1. The monoisotopic (exact) mass is 223 g/mol. The topological polar surface area (TPSA) is 12.0 Å². The van der Waals surface area contributed by atoms with E-state index >= 15 is 0 Å². The molecule has 0 amide bonds. The van der Waals surface area contributed by atoms with Crippen molar-refractivity contribution in [2.75, 3.05) is 7.05 Å². The van der Waals surface area contributed by atoms with E-state index in [2.05, 4.69) is 25.2 Å². The van der Waals surface area contributed by atoms with E-state index in [-0.39, 0.29) is 0 Å². The van der Waals surface area contributed by atoms with Gasteiger partial charge in [0, 0.05) is 11.1 Å². The Labute approximate surface area is 96.8 Å². The molecule has 0 bridgehead atoms. The third-order valence-electron chi connectivity index (χ3n) is 3.29. The van der Waals surface area contributed by atoms with E-state index in [1.165, 1.54) is 17.5 Å². The van der Waals surface area contributed by atoms with Gasteiger partial charge in [-0.3, -0.25) is 0 Å². The first-order chi connectivity index (χ1) is 7.03. The number of benzene rings is 1. The van der Waals surface area contributed by atoms with Crippen LogP contribution in [0.4, 0.5) is 0 Å². The number of halogens is 1. The predicted molar refractivity (Wildman–Crippen MR) is 65.4 cm³/mol. The molecule has 0 spiro atoms. The lowest BCUT2D eigenvalue weighted by Crippen LogP contribution is -2.31. The summed E-state index contributed by atoms with van der Waals surface area (Å²) in [4.78, 5) is 0. The van der Waals surface area contributed by atoms with Crippen LogP contribution in [0.15, 0.2) is 18.2 Å². The van der Waals surface area contributed by atoms with Crippen molar-refractivity contribution in [1.82, 2.24) is 5.32 Å². The maximum atomic E-state index is 6.26. The van der Waals surface area contributed by atoms with Gasteiger partial charge in [0.25, 0.3) is 0 Å². The molecule has 15 heavy (non-hydrogen) atoms. The second-order valence-corrected chi connectivity index (χ2v) is 5.60. The first-order valence-electron chi connectivity index (χ1n) is 5.48. The summed E-state index contributed by atoms with van der Waals surface area (Å²) in [6.45, 7) is 4.62. The number of fused-ring (bicyclic) bond motifs is 1. The maximum absolute atomic E-state index is 6.26. The number of hydrogen-bond acceptors (Lipinski definition) is 1. The lowest BCUT2D eigenvalue weighted by atomic mass is 9.72. The molecule has 1 aliphatic carbocycles. The summed E-state index contributed by atoms with van der Waals surface area (Å²) in [7, 11) is 2.02. The highest BCUT2D eigenvalue weighted by Gasteiger charge is 2.32. The zero-order valence-corrected chi connectivity index (χ0v) is 10.4. The summed E-state index contributed by atoms with van der Waals surface area (Å²) in [6, 6.07) is 6.68. The molecular weight excluding hydrogens is 206 g/mol. The van der Waals surface area contributed by atoms with Gasteiger partial charge in [-0.1, -0.05) is 37.6 Å². The van der Waals surface area contributed by atoms with Gasteiger partial charge in [0.05, 0.1) is 0 Å². The second-order valence-electron chi connectivity index (χ2n) is 5.19. The van der Waals surface area contributed by atoms with Crippen molar-refractivity contribution < 1.29 is 0 Å². The highest BCUT2D eigenvalue weighted by atomic mass is 35.5. The fraction of sp³-hybridized carbons (Fsp3) is 0.538. The Morgan fingerprint density at radius 3 is 2.80 bits per heavy atom. The Hall–Kier alpha value is -0.530. The third kappa shape index (κ3) is 2.04. The quantitative estimate of drug-likeness (QED) is 0.768. The van der Waals surface area contributed by atoms with E-state index < -0.39 is 0 Å². The van der Waals surface area contributed by atoms with Crippen LogP contribution in [0.25, 0.3) is 0 Å². The van der Waals surface area contributed by atoms with E-state index in [1.54, 1.807) is 0 Å². The molecule has 0 fully saturated rings. The van der Waals surface area contributed by atoms with Gasteiger partial charge in [-0.15, -0.1) is 0 Å². The fourth-order valence-electron chi connectivity index (χ4n) is 2.56.